The van der Waals surface area contributed by atoms with Gasteiger partial charge >= 0.3 is 12.0 Å². The first kappa shape index (κ1) is 16.7. The number of carbonyl (C=O) groups excluding carboxylic acids is 3. The van der Waals surface area contributed by atoms with Crippen LogP contribution in [0.25, 0.3) is 5.69 Å². The highest BCUT2D eigenvalue weighted by molar-refractivity contribution is 5.98. The van der Waals surface area contributed by atoms with Crippen LogP contribution >= 0.6 is 0 Å². The normalized spacial score (nSPS) is 13.8. The highest BCUT2D eigenvalue weighted by Gasteiger charge is 2.29. The van der Waals surface area contributed by atoms with Gasteiger partial charge in [0.25, 0.3) is 5.91 Å². The lowest BCUT2D eigenvalue weighted by Gasteiger charge is -2.11. The second-order valence-electron chi connectivity index (χ2n) is 5.78. The Hall–Kier alpha value is -3.16. The van der Waals surface area contributed by atoms with E-state index in [0.29, 0.717) is 0 Å². The number of benzene rings is 1. The van der Waals surface area contributed by atoms with E-state index in [0.717, 1.165) is 36.2 Å². The van der Waals surface area contributed by atoms with Gasteiger partial charge in [0.1, 0.15) is 0 Å². The van der Waals surface area contributed by atoms with Gasteiger partial charge in [0.2, 0.25) is 0 Å². The average Bonchev–Trinajstić information content (AvgIpc) is 3.17. The molecule has 1 aliphatic rings. The Labute approximate surface area is 143 Å². The lowest BCUT2D eigenvalue weighted by molar-refractivity contribution is -0.127. The van der Waals surface area contributed by atoms with Crippen molar-refractivity contribution in [1.82, 2.24) is 15.1 Å². The number of rotatable bonds is 4. The summed E-state index contributed by atoms with van der Waals surface area (Å²) in [7, 11) is 0. The topological polar surface area (TPSA) is 116 Å². The Kier molecular flexibility index (Phi) is 4.51. The number of nitrogens with zero attached hydrogens (tertiary/aromatic N) is 2. The van der Waals surface area contributed by atoms with E-state index >= 15 is 0 Å². The molecule has 1 heterocycles. The summed E-state index contributed by atoms with van der Waals surface area (Å²) < 4.78 is 6.88. The molecule has 0 spiro atoms. The van der Waals surface area contributed by atoms with Crippen LogP contribution in [0.3, 0.4) is 0 Å². The first-order chi connectivity index (χ1) is 12.0. The minimum Gasteiger partial charge on any atom is -0.448 e. The number of carbonyl (C=O) groups is 3. The van der Waals surface area contributed by atoms with Gasteiger partial charge in [0.15, 0.2) is 11.8 Å². The minimum absolute atomic E-state index is 0.204. The molecule has 3 N–H and O–H groups in total. The fraction of sp³-hybridized carbons (Fsp3) is 0.294. The molecule has 1 aromatic carbocycles. The zero-order valence-electron chi connectivity index (χ0n) is 13.7. The number of esters is 1. The zero-order valence-corrected chi connectivity index (χ0v) is 13.7. The van der Waals surface area contributed by atoms with Crippen LogP contribution in [-0.4, -0.2) is 33.8 Å². The van der Waals surface area contributed by atoms with Gasteiger partial charge in [-0.1, -0.05) is 18.2 Å². The lowest BCUT2D eigenvalue weighted by Crippen LogP contribution is -2.42. The molecule has 3 amide bonds. The van der Waals surface area contributed by atoms with Crippen LogP contribution in [0.15, 0.2) is 30.3 Å². The van der Waals surface area contributed by atoms with Crippen molar-refractivity contribution in [3.63, 3.8) is 0 Å². The van der Waals surface area contributed by atoms with E-state index in [-0.39, 0.29) is 5.69 Å². The zero-order chi connectivity index (χ0) is 18.0. The number of para-hydroxylation sites is 1. The Morgan fingerprint density at radius 2 is 1.96 bits per heavy atom. The minimum atomic E-state index is -1.15. The Morgan fingerprint density at radius 1 is 1.24 bits per heavy atom. The van der Waals surface area contributed by atoms with Crippen LogP contribution in [0.4, 0.5) is 4.79 Å². The summed E-state index contributed by atoms with van der Waals surface area (Å²) in [6.45, 7) is 1.37. The van der Waals surface area contributed by atoms with Gasteiger partial charge in [0, 0.05) is 11.3 Å². The molecule has 25 heavy (non-hydrogen) atoms. The van der Waals surface area contributed by atoms with E-state index in [2.05, 4.69) is 5.10 Å². The van der Waals surface area contributed by atoms with Crippen LogP contribution < -0.4 is 11.1 Å². The molecule has 1 aromatic heterocycles. The van der Waals surface area contributed by atoms with Gasteiger partial charge in [-0.2, -0.15) is 5.10 Å². The van der Waals surface area contributed by atoms with Crippen molar-refractivity contribution < 1.29 is 19.1 Å². The summed E-state index contributed by atoms with van der Waals surface area (Å²) in [5.41, 5.74) is 7.77. The van der Waals surface area contributed by atoms with Gasteiger partial charge in [-0.05, 0) is 38.3 Å². The number of fused-ring (bicyclic) bond motifs is 1. The summed E-state index contributed by atoms with van der Waals surface area (Å²) >= 11 is 0. The maximum absolute atomic E-state index is 12.5. The summed E-state index contributed by atoms with van der Waals surface area (Å²) in [4.78, 5) is 34.8. The molecule has 0 saturated heterocycles. The quantitative estimate of drug-likeness (QED) is 0.807. The fourth-order valence-electron chi connectivity index (χ4n) is 2.88. The van der Waals surface area contributed by atoms with E-state index < -0.39 is 24.0 Å². The van der Waals surface area contributed by atoms with E-state index in [1.807, 2.05) is 35.6 Å². The molecular formula is C17H18N4O4. The third kappa shape index (κ3) is 3.37. The first-order valence-electron chi connectivity index (χ1n) is 7.95. The van der Waals surface area contributed by atoms with Gasteiger partial charge in [-0.25, -0.2) is 14.3 Å². The summed E-state index contributed by atoms with van der Waals surface area (Å²) in [5.74, 6) is -1.47. The van der Waals surface area contributed by atoms with Crippen molar-refractivity contribution in [3.8, 4) is 5.69 Å². The number of hydrogen-bond acceptors (Lipinski definition) is 5. The van der Waals surface area contributed by atoms with Crippen LogP contribution in [0, 0.1) is 0 Å². The van der Waals surface area contributed by atoms with Gasteiger partial charge in [-0.15, -0.1) is 0 Å². The van der Waals surface area contributed by atoms with Crippen molar-refractivity contribution >= 4 is 17.9 Å². The number of hydrogen-bond donors (Lipinski definition) is 2. The van der Waals surface area contributed by atoms with Crippen molar-refractivity contribution in [2.75, 3.05) is 0 Å². The number of amides is 3. The molecule has 1 aliphatic carbocycles. The summed E-state index contributed by atoms with van der Waals surface area (Å²) in [5, 5.41) is 6.27. The fourth-order valence-corrected chi connectivity index (χ4v) is 2.88. The second kappa shape index (κ2) is 6.76. The maximum Gasteiger partial charge on any atom is 0.359 e. The molecule has 3 rings (SSSR count). The van der Waals surface area contributed by atoms with Gasteiger partial charge in [-0.3, -0.25) is 10.1 Å². The maximum atomic E-state index is 12.5. The molecule has 0 fully saturated rings. The molecule has 8 heteroatoms. The predicted molar refractivity (Wildman–Crippen MR) is 88.2 cm³/mol. The largest absolute Gasteiger partial charge is 0.448 e. The highest BCUT2D eigenvalue weighted by atomic mass is 16.5. The monoisotopic (exact) mass is 342 g/mol. The Bertz CT molecular complexity index is 829. The van der Waals surface area contributed by atoms with Crippen molar-refractivity contribution in [3.05, 3.63) is 47.3 Å². The van der Waals surface area contributed by atoms with Crippen LogP contribution in [0.1, 0.15) is 35.1 Å². The van der Waals surface area contributed by atoms with E-state index in [4.69, 9.17) is 10.5 Å². The summed E-state index contributed by atoms with van der Waals surface area (Å²) in [6.07, 6.45) is 1.33. The van der Waals surface area contributed by atoms with Crippen LogP contribution in [0.5, 0.6) is 0 Å². The predicted octanol–water partition coefficient (Wildman–Crippen LogP) is 1.10. The van der Waals surface area contributed by atoms with Crippen LogP contribution in [0.2, 0.25) is 0 Å². The SMILES string of the molecule is C[C@@H](OC(=O)c1nn(-c2ccccc2)c2c1CCC2)C(=O)NC(N)=O. The third-order valence-corrected chi connectivity index (χ3v) is 4.02. The molecule has 2 aromatic rings. The molecule has 130 valence electrons. The van der Waals surface area contributed by atoms with Crippen molar-refractivity contribution in [2.45, 2.75) is 32.3 Å². The Balaban J connectivity index is 1.84. The number of imide groups is 1. The number of nitrogens with two attached hydrogens (primary N) is 1. The number of nitrogens with one attached hydrogen (secondary N) is 1. The first-order valence-corrected chi connectivity index (χ1v) is 7.95. The van der Waals surface area contributed by atoms with E-state index in [1.54, 1.807) is 4.68 Å². The van der Waals surface area contributed by atoms with Gasteiger partial charge in [0.05, 0.1) is 5.69 Å². The number of urea groups is 1. The molecule has 0 aliphatic heterocycles. The number of ether oxygens (including phenoxy) is 1. The second-order valence-corrected chi connectivity index (χ2v) is 5.78. The van der Waals surface area contributed by atoms with Gasteiger partial charge < -0.3 is 10.5 Å². The average molecular weight is 342 g/mol. The highest BCUT2D eigenvalue weighted by Crippen LogP contribution is 2.28. The van der Waals surface area contributed by atoms with E-state index in [9.17, 15) is 14.4 Å². The molecule has 0 bridgehead atoms. The Morgan fingerprint density at radius 3 is 2.64 bits per heavy atom. The molecule has 8 nitrogen and oxygen atoms in total. The molecular weight excluding hydrogens is 324 g/mol. The van der Waals surface area contributed by atoms with E-state index in [1.165, 1.54) is 6.92 Å². The molecule has 1 atom stereocenters. The van der Waals surface area contributed by atoms with Crippen molar-refractivity contribution in [1.29, 1.82) is 0 Å². The summed E-state index contributed by atoms with van der Waals surface area (Å²) in [6, 6.07) is 8.51. The smallest absolute Gasteiger partial charge is 0.359 e. The van der Waals surface area contributed by atoms with Crippen LogP contribution in [-0.2, 0) is 22.4 Å². The standard InChI is InChI=1S/C17H18N4O4/c1-10(15(22)19-17(18)24)25-16(23)14-12-8-5-9-13(12)21(20-14)11-6-3-2-4-7-11/h2-4,6-7,10H,5,8-9H2,1H3,(H3,18,19,22,24)/t10-/m1/s1. The lowest BCUT2D eigenvalue weighted by atomic mass is 10.2. The van der Waals surface area contributed by atoms with Crippen molar-refractivity contribution in [2.24, 2.45) is 5.73 Å². The number of primary amides is 1. The molecule has 0 unspecified atom stereocenters. The molecule has 0 radical (unpaired) electrons. The number of aromatic nitrogens is 2. The molecule has 0 saturated carbocycles. The third-order valence-electron chi connectivity index (χ3n) is 4.02.